The predicted molar refractivity (Wildman–Crippen MR) is 116 cm³/mol. The number of hydrogen-bond donors (Lipinski definition) is 2. The first-order valence-electron chi connectivity index (χ1n) is 10.1. The molecule has 2 aromatic heterocycles. The van der Waals surface area contributed by atoms with Crippen molar-refractivity contribution >= 4 is 10.9 Å². The minimum atomic E-state index is 0.149. The van der Waals surface area contributed by atoms with Crippen molar-refractivity contribution in [3.05, 3.63) is 82.3 Å². The van der Waals surface area contributed by atoms with E-state index < -0.39 is 0 Å². The molecule has 5 rings (SSSR count). The molecule has 0 radical (unpaired) electrons. The number of aryl methyl sites for hydroxylation is 2. The number of fused-ring (bicyclic) bond motifs is 3. The average Bonchev–Trinajstić information content (AvgIpc) is 3.26. The van der Waals surface area contributed by atoms with E-state index in [1.807, 2.05) is 11.6 Å². The van der Waals surface area contributed by atoms with Crippen molar-refractivity contribution in [3.8, 4) is 5.75 Å². The van der Waals surface area contributed by atoms with Crippen molar-refractivity contribution in [2.45, 2.75) is 32.9 Å². The maximum Gasteiger partial charge on any atom is 0.123 e. The Kier molecular flexibility index (Phi) is 4.40. The highest BCUT2D eigenvalue weighted by Crippen LogP contribution is 2.35. The van der Waals surface area contributed by atoms with Crippen LogP contribution in [0.15, 0.2) is 48.5 Å². The molecular formula is C24H26N4O. The normalized spacial score (nSPS) is 16.2. The number of methoxy groups -OCH3 is 1. The van der Waals surface area contributed by atoms with Crippen LogP contribution in [0.1, 0.15) is 39.8 Å². The Morgan fingerprint density at radius 2 is 2.00 bits per heavy atom. The van der Waals surface area contributed by atoms with Crippen LogP contribution in [0.3, 0.4) is 0 Å². The van der Waals surface area contributed by atoms with Crippen LogP contribution < -0.4 is 10.1 Å². The lowest BCUT2D eigenvalue weighted by Gasteiger charge is -2.25. The van der Waals surface area contributed by atoms with Crippen molar-refractivity contribution < 1.29 is 4.74 Å². The molecule has 0 bridgehead atoms. The Hall–Kier alpha value is -3.05. The Morgan fingerprint density at radius 1 is 1.14 bits per heavy atom. The molecule has 0 fully saturated rings. The number of hydrogen-bond acceptors (Lipinski definition) is 3. The van der Waals surface area contributed by atoms with Gasteiger partial charge in [0.25, 0.3) is 0 Å². The first-order chi connectivity index (χ1) is 14.1. The Bertz CT molecular complexity index is 1190. The number of H-pyrrole nitrogens is 1. The fourth-order valence-electron chi connectivity index (χ4n) is 4.56. The van der Waals surface area contributed by atoms with Crippen LogP contribution in [0.5, 0.6) is 5.75 Å². The van der Waals surface area contributed by atoms with Gasteiger partial charge in [-0.05, 0) is 55.7 Å². The molecule has 0 aliphatic carbocycles. The van der Waals surface area contributed by atoms with Crippen molar-refractivity contribution in [3.63, 3.8) is 0 Å². The zero-order valence-corrected chi connectivity index (χ0v) is 17.1. The van der Waals surface area contributed by atoms with E-state index in [0.717, 1.165) is 35.7 Å². The standard InChI is InChI=1S/C24H26N4O/c1-15-12-16(2)28(27-15)14-18-13-17(8-9-22(18)29-3)23-24-20(10-11-25-23)19-6-4-5-7-21(19)26-24/h4-9,12-13,23,25-26H,10-11,14H2,1-3H3/t23-/m0/s1. The molecule has 2 N–H and O–H groups in total. The number of ether oxygens (including phenoxy) is 1. The third-order valence-electron chi connectivity index (χ3n) is 5.92. The summed E-state index contributed by atoms with van der Waals surface area (Å²) in [6, 6.07) is 17.3. The summed E-state index contributed by atoms with van der Waals surface area (Å²) in [5.74, 6) is 0.897. The number of benzene rings is 2. The van der Waals surface area contributed by atoms with Crippen LogP contribution in [0.25, 0.3) is 10.9 Å². The summed E-state index contributed by atoms with van der Waals surface area (Å²) < 4.78 is 7.70. The van der Waals surface area contributed by atoms with Gasteiger partial charge in [0.2, 0.25) is 0 Å². The van der Waals surface area contributed by atoms with E-state index >= 15 is 0 Å². The molecule has 1 aliphatic heterocycles. The smallest absolute Gasteiger partial charge is 0.123 e. The summed E-state index contributed by atoms with van der Waals surface area (Å²) in [6.45, 7) is 5.79. The first kappa shape index (κ1) is 18.0. The van der Waals surface area contributed by atoms with Crippen molar-refractivity contribution in [2.75, 3.05) is 13.7 Å². The highest BCUT2D eigenvalue weighted by molar-refractivity contribution is 5.85. The molecule has 1 aliphatic rings. The van der Waals surface area contributed by atoms with Gasteiger partial charge in [-0.3, -0.25) is 4.68 Å². The van der Waals surface area contributed by atoms with Crippen molar-refractivity contribution in [1.29, 1.82) is 0 Å². The molecule has 3 heterocycles. The van der Waals surface area contributed by atoms with Crippen LogP contribution >= 0.6 is 0 Å². The van der Waals surface area contributed by atoms with Gasteiger partial charge in [0.05, 0.1) is 25.4 Å². The van der Waals surface area contributed by atoms with E-state index in [1.165, 1.54) is 27.7 Å². The van der Waals surface area contributed by atoms with Crippen molar-refractivity contribution in [1.82, 2.24) is 20.1 Å². The number of nitrogens with one attached hydrogen (secondary N) is 2. The number of rotatable bonds is 4. The third kappa shape index (κ3) is 3.12. The summed E-state index contributed by atoms with van der Waals surface area (Å²) in [5, 5.41) is 9.67. The molecule has 5 nitrogen and oxygen atoms in total. The number of para-hydroxylation sites is 1. The predicted octanol–water partition coefficient (Wildman–Crippen LogP) is 4.27. The zero-order chi connectivity index (χ0) is 20.0. The number of aromatic amines is 1. The molecule has 148 valence electrons. The highest BCUT2D eigenvalue weighted by Gasteiger charge is 2.25. The minimum absolute atomic E-state index is 0.149. The molecular weight excluding hydrogens is 360 g/mol. The van der Waals surface area contributed by atoms with Crippen LogP contribution in [0.4, 0.5) is 0 Å². The van der Waals surface area contributed by atoms with Gasteiger partial charge in [0.15, 0.2) is 0 Å². The molecule has 2 aromatic carbocycles. The summed E-state index contributed by atoms with van der Waals surface area (Å²) >= 11 is 0. The second kappa shape index (κ2) is 7.08. The van der Waals surface area contributed by atoms with Crippen LogP contribution in [0, 0.1) is 13.8 Å². The lowest BCUT2D eigenvalue weighted by Crippen LogP contribution is -2.30. The summed E-state index contributed by atoms with van der Waals surface area (Å²) in [6.07, 6.45) is 1.05. The van der Waals surface area contributed by atoms with E-state index in [-0.39, 0.29) is 6.04 Å². The van der Waals surface area contributed by atoms with Crippen molar-refractivity contribution in [2.24, 2.45) is 0 Å². The molecule has 0 saturated carbocycles. The van der Waals surface area contributed by atoms with Gasteiger partial charge >= 0.3 is 0 Å². The van der Waals surface area contributed by atoms with Gasteiger partial charge in [0.1, 0.15) is 5.75 Å². The fraction of sp³-hybridized carbons (Fsp3) is 0.292. The van der Waals surface area contributed by atoms with E-state index in [0.29, 0.717) is 6.54 Å². The fourth-order valence-corrected chi connectivity index (χ4v) is 4.56. The highest BCUT2D eigenvalue weighted by atomic mass is 16.5. The van der Waals surface area contributed by atoms with Gasteiger partial charge in [-0.1, -0.05) is 24.3 Å². The maximum atomic E-state index is 5.65. The summed E-state index contributed by atoms with van der Waals surface area (Å²) in [7, 11) is 1.73. The monoisotopic (exact) mass is 386 g/mol. The lowest BCUT2D eigenvalue weighted by molar-refractivity contribution is 0.406. The first-order valence-corrected chi connectivity index (χ1v) is 10.1. The van der Waals surface area contributed by atoms with Crippen LogP contribution in [0.2, 0.25) is 0 Å². The molecule has 0 spiro atoms. The summed E-state index contributed by atoms with van der Waals surface area (Å²) in [4.78, 5) is 3.66. The molecule has 4 aromatic rings. The topological polar surface area (TPSA) is 54.9 Å². The molecule has 0 saturated heterocycles. The molecule has 1 atom stereocenters. The van der Waals surface area contributed by atoms with E-state index in [1.54, 1.807) is 7.11 Å². The molecule has 29 heavy (non-hydrogen) atoms. The number of nitrogens with zero attached hydrogens (tertiary/aromatic N) is 2. The Balaban J connectivity index is 1.56. The molecule has 0 amide bonds. The SMILES string of the molecule is COc1ccc([C@@H]2NCCc3c2[nH]c2ccccc32)cc1Cn1nc(C)cc1C. The second-order valence-corrected chi connectivity index (χ2v) is 7.86. The minimum Gasteiger partial charge on any atom is -0.496 e. The Morgan fingerprint density at radius 3 is 2.79 bits per heavy atom. The van der Waals surface area contributed by atoms with E-state index in [9.17, 15) is 0 Å². The second-order valence-electron chi connectivity index (χ2n) is 7.86. The number of aromatic nitrogens is 3. The summed E-state index contributed by atoms with van der Waals surface area (Å²) in [5.41, 5.74) is 8.50. The van der Waals surface area contributed by atoms with Crippen LogP contribution in [-0.2, 0) is 13.0 Å². The van der Waals surface area contributed by atoms with Gasteiger partial charge in [-0.2, -0.15) is 5.10 Å². The van der Waals surface area contributed by atoms with Gasteiger partial charge in [0, 0.05) is 34.4 Å². The third-order valence-corrected chi connectivity index (χ3v) is 5.92. The van der Waals surface area contributed by atoms with Gasteiger partial charge in [-0.15, -0.1) is 0 Å². The van der Waals surface area contributed by atoms with Gasteiger partial charge < -0.3 is 15.0 Å². The maximum absolute atomic E-state index is 5.65. The van der Waals surface area contributed by atoms with Crippen LogP contribution in [-0.4, -0.2) is 28.4 Å². The molecule has 0 unspecified atom stereocenters. The largest absolute Gasteiger partial charge is 0.496 e. The Labute approximate surface area is 170 Å². The van der Waals surface area contributed by atoms with E-state index in [2.05, 4.69) is 70.9 Å². The van der Waals surface area contributed by atoms with Gasteiger partial charge in [-0.25, -0.2) is 0 Å². The molecule has 5 heteroatoms. The lowest BCUT2D eigenvalue weighted by atomic mass is 9.93. The average molecular weight is 386 g/mol. The quantitative estimate of drug-likeness (QED) is 0.551. The zero-order valence-electron chi connectivity index (χ0n) is 17.1. The van der Waals surface area contributed by atoms with E-state index in [4.69, 9.17) is 4.74 Å².